The smallest absolute Gasteiger partial charge is 0.475 e. The monoisotopic (exact) mass is 578 g/mol. The molecule has 39 heavy (non-hydrogen) atoms. The highest BCUT2D eigenvalue weighted by molar-refractivity contribution is 7.80. The molecule has 0 spiro atoms. The van der Waals surface area contributed by atoms with Gasteiger partial charge in [0.05, 0.1) is 11.0 Å². The van der Waals surface area contributed by atoms with E-state index < -0.39 is 29.3 Å². The Kier molecular flexibility index (Phi) is 7.64. The minimum Gasteiger partial charge on any atom is -0.475 e. The van der Waals surface area contributed by atoms with Crippen molar-refractivity contribution in [3.05, 3.63) is 47.8 Å². The number of carbonyl (C=O) groups excluding carboxylic acids is 1. The topological polar surface area (TPSA) is 118 Å². The number of rotatable bonds is 1. The summed E-state index contributed by atoms with van der Waals surface area (Å²) in [6.07, 6.45) is -1.94. The number of hydrogen-bond acceptors (Lipinski definition) is 6. The first-order chi connectivity index (χ1) is 18.1. The van der Waals surface area contributed by atoms with Crippen molar-refractivity contribution in [3.8, 4) is 0 Å². The molecule has 1 saturated carbocycles. The van der Waals surface area contributed by atoms with Gasteiger partial charge >= 0.3 is 18.3 Å². The first-order valence-electron chi connectivity index (χ1n) is 11.8. The maximum absolute atomic E-state index is 13.8. The van der Waals surface area contributed by atoms with Crippen LogP contribution in [-0.2, 0) is 28.7 Å². The van der Waals surface area contributed by atoms with Crippen LogP contribution in [0.4, 0.5) is 26.3 Å². The average molecular weight is 579 g/mol. The molecule has 0 aromatic carbocycles. The summed E-state index contributed by atoms with van der Waals surface area (Å²) in [6, 6.07) is 1.04. The molecule has 1 amide bonds. The fourth-order valence-electron chi connectivity index (χ4n) is 5.50. The van der Waals surface area contributed by atoms with Crippen LogP contribution in [0.2, 0.25) is 0 Å². The van der Waals surface area contributed by atoms with E-state index in [2.05, 4.69) is 9.97 Å². The maximum atomic E-state index is 13.8. The molecular weight excluding hydrogens is 554 g/mol. The van der Waals surface area contributed by atoms with E-state index in [4.69, 9.17) is 27.9 Å². The van der Waals surface area contributed by atoms with Gasteiger partial charge in [0.15, 0.2) is 5.11 Å². The molecular formula is C23H24F6N6O3S. The van der Waals surface area contributed by atoms with Crippen molar-refractivity contribution in [1.82, 2.24) is 24.3 Å². The lowest BCUT2D eigenvalue weighted by Crippen LogP contribution is -2.49. The van der Waals surface area contributed by atoms with Crippen molar-refractivity contribution in [2.75, 3.05) is 19.6 Å². The molecule has 9 nitrogen and oxygen atoms in total. The number of nitrogens with two attached hydrogens (primary N) is 1. The van der Waals surface area contributed by atoms with E-state index in [0.29, 0.717) is 48.8 Å². The predicted octanol–water partition coefficient (Wildman–Crippen LogP) is 2.69. The number of likely N-dealkylation sites (tertiary alicyclic amines) is 1. The summed E-state index contributed by atoms with van der Waals surface area (Å²) < 4.78 is 72.9. The van der Waals surface area contributed by atoms with Gasteiger partial charge in [0.1, 0.15) is 6.33 Å². The molecule has 4 heterocycles. The molecule has 1 saturated heterocycles. The van der Waals surface area contributed by atoms with Gasteiger partial charge in [-0.3, -0.25) is 14.3 Å². The predicted molar refractivity (Wildman–Crippen MR) is 127 cm³/mol. The highest BCUT2D eigenvalue weighted by atomic mass is 32.1. The van der Waals surface area contributed by atoms with E-state index in [9.17, 15) is 31.1 Å². The van der Waals surface area contributed by atoms with Crippen LogP contribution in [0.1, 0.15) is 29.7 Å². The molecule has 2 fully saturated rings. The summed E-state index contributed by atoms with van der Waals surface area (Å²) in [4.78, 5) is 34.5. The van der Waals surface area contributed by atoms with Crippen LogP contribution < -0.4 is 5.73 Å². The Morgan fingerprint density at radius 3 is 2.46 bits per heavy atom. The normalized spacial score (nSPS) is 24.5. The minimum atomic E-state index is -5.08. The van der Waals surface area contributed by atoms with E-state index >= 15 is 0 Å². The molecule has 212 valence electrons. The van der Waals surface area contributed by atoms with Crippen molar-refractivity contribution < 1.29 is 41.0 Å². The molecule has 1 aliphatic carbocycles. The Bertz CT molecular complexity index is 1250. The van der Waals surface area contributed by atoms with Gasteiger partial charge in [-0.05, 0) is 42.6 Å². The molecule has 2 aromatic rings. The number of carboxylic acid groups (broad SMARTS) is 1. The number of amides is 1. The fourth-order valence-corrected chi connectivity index (χ4v) is 5.75. The third kappa shape index (κ3) is 5.85. The van der Waals surface area contributed by atoms with Crippen molar-refractivity contribution in [2.45, 2.75) is 44.2 Å². The van der Waals surface area contributed by atoms with E-state index in [1.807, 2.05) is 4.90 Å². The lowest BCUT2D eigenvalue weighted by atomic mass is 9.78. The third-order valence-electron chi connectivity index (χ3n) is 7.23. The van der Waals surface area contributed by atoms with Gasteiger partial charge in [0.25, 0.3) is 0 Å². The molecule has 2 aliphatic heterocycles. The Morgan fingerprint density at radius 1 is 1.18 bits per heavy atom. The first kappa shape index (κ1) is 28.7. The number of aromatic nitrogens is 3. The van der Waals surface area contributed by atoms with Crippen LogP contribution in [-0.4, -0.2) is 78.3 Å². The summed E-state index contributed by atoms with van der Waals surface area (Å²) >= 11 is 5.61. The number of aliphatic carboxylic acids is 1. The summed E-state index contributed by atoms with van der Waals surface area (Å²) in [6.45, 7) is 1.63. The highest BCUT2D eigenvalue weighted by Gasteiger charge is 2.58. The van der Waals surface area contributed by atoms with Crippen molar-refractivity contribution in [3.63, 3.8) is 0 Å². The van der Waals surface area contributed by atoms with Crippen LogP contribution in [0, 0.1) is 11.3 Å². The molecule has 3 atom stereocenters. The van der Waals surface area contributed by atoms with Gasteiger partial charge in [-0.15, -0.1) is 0 Å². The number of halogens is 6. The van der Waals surface area contributed by atoms with Crippen LogP contribution in [0.5, 0.6) is 0 Å². The zero-order valence-electron chi connectivity index (χ0n) is 20.2. The van der Waals surface area contributed by atoms with Crippen LogP contribution >= 0.6 is 12.2 Å². The molecule has 5 rings (SSSR count). The van der Waals surface area contributed by atoms with Crippen LogP contribution in [0.15, 0.2) is 31.0 Å². The van der Waals surface area contributed by atoms with Crippen molar-refractivity contribution >= 4 is 29.2 Å². The number of thiocarbonyl (C=S) groups is 1. The summed E-state index contributed by atoms with van der Waals surface area (Å²) in [5.74, 6) is -2.76. The van der Waals surface area contributed by atoms with Crippen molar-refractivity contribution in [2.24, 2.45) is 17.1 Å². The van der Waals surface area contributed by atoms with Crippen molar-refractivity contribution in [1.29, 1.82) is 0 Å². The van der Waals surface area contributed by atoms with Gasteiger partial charge in [0, 0.05) is 62.9 Å². The number of carboxylic acids is 1. The fraction of sp³-hybridized carbons (Fsp3) is 0.522. The Labute approximate surface area is 223 Å². The van der Waals surface area contributed by atoms with Gasteiger partial charge in [-0.25, -0.2) is 9.78 Å². The van der Waals surface area contributed by atoms with Gasteiger partial charge in [-0.1, -0.05) is 0 Å². The summed E-state index contributed by atoms with van der Waals surface area (Å²) in [5, 5.41) is 7.71. The Hall–Kier alpha value is -3.27. The highest BCUT2D eigenvalue weighted by Crippen LogP contribution is 2.50. The number of nitrogens with zero attached hydrogens (tertiary/aromatic N) is 5. The molecule has 2 aromatic heterocycles. The second-order valence-corrected chi connectivity index (χ2v) is 10.2. The summed E-state index contributed by atoms with van der Waals surface area (Å²) in [7, 11) is 0. The first-order valence-corrected chi connectivity index (χ1v) is 12.2. The standard InChI is InChI=1S/C21H23F3N6OS.C2HF3O2/c22-21(23,24)14-5-13-9-28(3-1-17(13)27-8-14)18(31)20-7-16(25)6-15(20)10-30(11-20)19(32)29-4-2-26-12-29;3-2(4,5)1(6)7/h2,4-5,8,12,15-16H,1,3,6-7,9-11,25H2;(H,6,7)/t15-,16+,20-;/m0./s1. The average Bonchev–Trinajstić information content (AvgIpc) is 3.57. The van der Waals surface area contributed by atoms with Crippen LogP contribution in [0.25, 0.3) is 0 Å². The number of fused-ring (bicyclic) bond motifs is 2. The van der Waals surface area contributed by atoms with Gasteiger partial charge < -0.3 is 20.6 Å². The molecule has 0 bridgehead atoms. The molecule has 16 heteroatoms. The molecule has 0 unspecified atom stereocenters. The Morgan fingerprint density at radius 2 is 1.87 bits per heavy atom. The van der Waals surface area contributed by atoms with E-state index in [-0.39, 0.29) is 24.4 Å². The minimum absolute atomic E-state index is 0.0468. The maximum Gasteiger partial charge on any atom is 0.490 e. The number of carbonyl (C=O) groups is 2. The number of pyridine rings is 1. The third-order valence-corrected chi connectivity index (χ3v) is 7.70. The van der Waals surface area contributed by atoms with E-state index in [1.54, 1.807) is 28.2 Å². The number of alkyl halides is 6. The van der Waals surface area contributed by atoms with Crippen LogP contribution in [0.3, 0.4) is 0 Å². The Balaban J connectivity index is 0.000000448. The quantitative estimate of drug-likeness (QED) is 0.392. The SMILES string of the molecule is N[C@@H]1C[C@H]2CN(C(=S)n3ccnc3)C[C@@]2(C(=O)N2CCc3ncc(C(F)(F)F)cc3C2)C1.O=C(O)C(F)(F)F. The second kappa shape index (κ2) is 10.4. The molecule has 3 N–H and O–H groups in total. The zero-order chi connectivity index (χ0) is 28.8. The summed E-state index contributed by atoms with van der Waals surface area (Å²) in [5.41, 5.74) is 5.87. The molecule has 0 radical (unpaired) electrons. The van der Waals surface area contributed by atoms with E-state index in [1.165, 1.54) is 0 Å². The van der Waals surface area contributed by atoms with E-state index in [0.717, 1.165) is 18.7 Å². The largest absolute Gasteiger partial charge is 0.490 e. The molecule has 3 aliphatic rings. The zero-order valence-corrected chi connectivity index (χ0v) is 21.1. The lowest BCUT2D eigenvalue weighted by molar-refractivity contribution is -0.192. The lowest BCUT2D eigenvalue weighted by Gasteiger charge is -2.37. The number of imidazole rings is 1. The second-order valence-electron chi connectivity index (χ2n) is 9.79. The number of hydrogen-bond donors (Lipinski definition) is 2. The van der Waals surface area contributed by atoms with Gasteiger partial charge in [0.2, 0.25) is 5.91 Å². The van der Waals surface area contributed by atoms with Gasteiger partial charge in [-0.2, -0.15) is 26.3 Å².